The number of nitrogens with zero attached hydrogens (tertiary/aromatic N) is 1. The SMILES string of the molecule is CC(=O)c1ccccc1C(O)C(=O)OC(C)c1ccccc1N(C)C. The fourth-order valence-corrected chi connectivity index (χ4v) is 2.72. The molecule has 0 aliphatic rings. The first-order chi connectivity index (χ1) is 11.8. The van der Waals surface area contributed by atoms with Crippen LogP contribution in [0.1, 0.15) is 47.5 Å². The first kappa shape index (κ1) is 18.7. The van der Waals surface area contributed by atoms with Crippen molar-refractivity contribution < 1.29 is 19.4 Å². The van der Waals surface area contributed by atoms with E-state index >= 15 is 0 Å². The summed E-state index contributed by atoms with van der Waals surface area (Å²) in [5.41, 5.74) is 2.34. The lowest BCUT2D eigenvalue weighted by Gasteiger charge is -2.23. The van der Waals surface area contributed by atoms with Crippen LogP contribution in [0.2, 0.25) is 0 Å². The molecule has 0 fully saturated rings. The Balaban J connectivity index is 2.21. The van der Waals surface area contributed by atoms with Crippen LogP contribution in [-0.2, 0) is 9.53 Å². The number of hydrogen-bond acceptors (Lipinski definition) is 5. The van der Waals surface area contributed by atoms with Crippen molar-refractivity contribution in [2.75, 3.05) is 19.0 Å². The number of aliphatic hydroxyl groups is 1. The predicted octanol–water partition coefficient (Wildman–Crippen LogP) is 3.29. The summed E-state index contributed by atoms with van der Waals surface area (Å²) >= 11 is 0. The second kappa shape index (κ2) is 7.94. The Morgan fingerprint density at radius 1 is 1.00 bits per heavy atom. The number of aliphatic hydroxyl groups excluding tert-OH is 1. The molecular weight excluding hydrogens is 318 g/mol. The Labute approximate surface area is 147 Å². The highest BCUT2D eigenvalue weighted by Crippen LogP contribution is 2.29. The number of esters is 1. The Morgan fingerprint density at radius 2 is 1.56 bits per heavy atom. The zero-order valence-electron chi connectivity index (χ0n) is 14.9. The van der Waals surface area contributed by atoms with Crippen LogP contribution in [0.25, 0.3) is 0 Å². The summed E-state index contributed by atoms with van der Waals surface area (Å²) in [4.78, 5) is 26.0. The Bertz CT molecular complexity index is 770. The molecule has 1 N–H and O–H groups in total. The summed E-state index contributed by atoms with van der Waals surface area (Å²) < 4.78 is 5.45. The van der Waals surface area contributed by atoms with Gasteiger partial charge in [-0.05, 0) is 19.9 Å². The quantitative estimate of drug-likeness (QED) is 0.645. The molecule has 132 valence electrons. The second-order valence-corrected chi connectivity index (χ2v) is 6.08. The van der Waals surface area contributed by atoms with E-state index in [1.807, 2.05) is 43.3 Å². The van der Waals surface area contributed by atoms with Crippen molar-refractivity contribution in [3.8, 4) is 0 Å². The normalized spacial score (nSPS) is 13.0. The van der Waals surface area contributed by atoms with E-state index in [9.17, 15) is 14.7 Å². The van der Waals surface area contributed by atoms with Crippen LogP contribution in [0.3, 0.4) is 0 Å². The molecule has 0 heterocycles. The number of anilines is 1. The van der Waals surface area contributed by atoms with E-state index in [2.05, 4.69) is 0 Å². The van der Waals surface area contributed by atoms with E-state index in [4.69, 9.17) is 4.74 Å². The Hall–Kier alpha value is -2.66. The van der Waals surface area contributed by atoms with E-state index in [-0.39, 0.29) is 11.3 Å². The fraction of sp³-hybridized carbons (Fsp3) is 0.300. The molecule has 2 atom stereocenters. The van der Waals surface area contributed by atoms with Gasteiger partial charge in [-0.25, -0.2) is 4.79 Å². The Kier molecular flexibility index (Phi) is 5.93. The first-order valence-electron chi connectivity index (χ1n) is 8.07. The molecule has 0 bridgehead atoms. The summed E-state index contributed by atoms with van der Waals surface area (Å²) in [6.07, 6.45) is -2.04. The summed E-state index contributed by atoms with van der Waals surface area (Å²) in [6, 6.07) is 14.1. The topological polar surface area (TPSA) is 66.8 Å². The number of para-hydroxylation sites is 1. The minimum absolute atomic E-state index is 0.214. The number of ether oxygens (including phenoxy) is 1. The first-order valence-corrected chi connectivity index (χ1v) is 8.07. The van der Waals surface area contributed by atoms with E-state index in [0.717, 1.165) is 11.3 Å². The van der Waals surface area contributed by atoms with Gasteiger partial charge in [-0.15, -0.1) is 0 Å². The van der Waals surface area contributed by atoms with E-state index in [1.165, 1.54) is 6.92 Å². The maximum Gasteiger partial charge on any atom is 0.340 e. The molecule has 0 radical (unpaired) electrons. The minimum atomic E-state index is -1.51. The van der Waals surface area contributed by atoms with Crippen LogP contribution in [0.4, 0.5) is 5.69 Å². The zero-order valence-corrected chi connectivity index (χ0v) is 14.9. The molecule has 0 amide bonds. The van der Waals surface area contributed by atoms with Crippen molar-refractivity contribution in [3.05, 3.63) is 65.2 Å². The van der Waals surface area contributed by atoms with E-state index in [1.54, 1.807) is 31.2 Å². The monoisotopic (exact) mass is 341 g/mol. The van der Waals surface area contributed by atoms with Crippen molar-refractivity contribution in [3.63, 3.8) is 0 Å². The highest BCUT2D eigenvalue weighted by atomic mass is 16.6. The molecule has 0 aliphatic heterocycles. The molecular formula is C20H23NO4. The van der Waals surface area contributed by atoms with Gasteiger partial charge in [-0.3, -0.25) is 4.79 Å². The molecule has 5 heteroatoms. The summed E-state index contributed by atoms with van der Waals surface area (Å²) in [7, 11) is 3.82. The van der Waals surface area contributed by atoms with Gasteiger partial charge in [0.1, 0.15) is 6.10 Å². The number of ketones is 1. The molecule has 0 saturated carbocycles. The van der Waals surface area contributed by atoms with Gasteiger partial charge in [-0.2, -0.15) is 0 Å². The summed E-state index contributed by atoms with van der Waals surface area (Å²) in [5.74, 6) is -0.997. The lowest BCUT2D eigenvalue weighted by Crippen LogP contribution is -2.20. The molecule has 25 heavy (non-hydrogen) atoms. The smallest absolute Gasteiger partial charge is 0.340 e. The lowest BCUT2D eigenvalue weighted by atomic mass is 9.99. The minimum Gasteiger partial charge on any atom is -0.456 e. The van der Waals surface area contributed by atoms with Crippen LogP contribution in [0.5, 0.6) is 0 Å². The number of benzene rings is 2. The molecule has 2 rings (SSSR count). The number of carbonyl (C=O) groups is 2. The van der Waals surface area contributed by atoms with Crippen LogP contribution < -0.4 is 4.90 Å². The summed E-state index contributed by atoms with van der Waals surface area (Å²) in [6.45, 7) is 3.15. The average molecular weight is 341 g/mol. The third-order valence-electron chi connectivity index (χ3n) is 4.01. The second-order valence-electron chi connectivity index (χ2n) is 6.08. The van der Waals surface area contributed by atoms with Gasteiger partial charge < -0.3 is 14.7 Å². The van der Waals surface area contributed by atoms with Gasteiger partial charge in [0, 0.05) is 36.5 Å². The maximum absolute atomic E-state index is 12.4. The average Bonchev–Trinajstić information content (AvgIpc) is 2.60. The van der Waals surface area contributed by atoms with Gasteiger partial charge in [0.15, 0.2) is 11.9 Å². The third-order valence-corrected chi connectivity index (χ3v) is 4.01. The largest absolute Gasteiger partial charge is 0.456 e. The van der Waals surface area contributed by atoms with Crippen LogP contribution in [0, 0.1) is 0 Å². The molecule has 0 aromatic heterocycles. The van der Waals surface area contributed by atoms with Gasteiger partial charge in [-0.1, -0.05) is 42.5 Å². The zero-order chi connectivity index (χ0) is 18.6. The molecule has 5 nitrogen and oxygen atoms in total. The molecule has 2 aromatic carbocycles. The van der Waals surface area contributed by atoms with Crippen molar-refractivity contribution in [2.45, 2.75) is 26.1 Å². The van der Waals surface area contributed by atoms with Crippen LogP contribution >= 0.6 is 0 Å². The molecule has 0 saturated heterocycles. The standard InChI is InChI=1S/C20H23NO4/c1-13(22)15-9-5-6-11-17(15)19(23)20(24)25-14(2)16-10-7-8-12-18(16)21(3)4/h5-12,14,19,23H,1-4H3. The summed E-state index contributed by atoms with van der Waals surface area (Å²) in [5, 5.41) is 10.4. The van der Waals surface area contributed by atoms with E-state index in [0.29, 0.717) is 5.56 Å². The van der Waals surface area contributed by atoms with Crippen molar-refractivity contribution in [2.24, 2.45) is 0 Å². The van der Waals surface area contributed by atoms with Crippen molar-refractivity contribution in [1.29, 1.82) is 0 Å². The maximum atomic E-state index is 12.4. The van der Waals surface area contributed by atoms with Gasteiger partial charge in [0.2, 0.25) is 0 Å². The lowest BCUT2D eigenvalue weighted by molar-refractivity contribution is -0.159. The molecule has 0 aliphatic carbocycles. The Morgan fingerprint density at radius 3 is 2.16 bits per heavy atom. The fourth-order valence-electron chi connectivity index (χ4n) is 2.72. The van der Waals surface area contributed by atoms with Crippen molar-refractivity contribution >= 4 is 17.4 Å². The molecule has 2 aromatic rings. The highest BCUT2D eigenvalue weighted by Gasteiger charge is 2.26. The number of carbonyl (C=O) groups excluding carboxylic acids is 2. The van der Waals surface area contributed by atoms with Crippen molar-refractivity contribution in [1.82, 2.24) is 0 Å². The van der Waals surface area contributed by atoms with Gasteiger partial charge in [0.05, 0.1) is 0 Å². The van der Waals surface area contributed by atoms with E-state index < -0.39 is 18.2 Å². The van der Waals surface area contributed by atoms with Crippen LogP contribution in [0.15, 0.2) is 48.5 Å². The predicted molar refractivity (Wildman–Crippen MR) is 96.7 cm³/mol. The number of rotatable bonds is 6. The van der Waals surface area contributed by atoms with Gasteiger partial charge >= 0.3 is 5.97 Å². The number of hydrogen-bond donors (Lipinski definition) is 1. The highest BCUT2D eigenvalue weighted by molar-refractivity contribution is 5.97. The van der Waals surface area contributed by atoms with Crippen LogP contribution in [-0.4, -0.2) is 31.0 Å². The molecule has 2 unspecified atom stereocenters. The number of Topliss-reactive ketones (excluding diaryl/α,β-unsaturated/α-hetero) is 1. The molecule has 0 spiro atoms. The van der Waals surface area contributed by atoms with Gasteiger partial charge in [0.25, 0.3) is 0 Å². The third kappa shape index (κ3) is 4.25.